The lowest BCUT2D eigenvalue weighted by Crippen LogP contribution is -2.20. The van der Waals surface area contributed by atoms with Crippen molar-refractivity contribution in [2.45, 2.75) is 20.1 Å². The summed E-state index contributed by atoms with van der Waals surface area (Å²) < 4.78 is 21.6. The first-order valence-corrected chi connectivity index (χ1v) is 9.29. The molecule has 0 aliphatic heterocycles. The molecular weight excluding hydrogens is 372 g/mol. The highest BCUT2D eigenvalue weighted by molar-refractivity contribution is 5.86. The van der Waals surface area contributed by atoms with E-state index in [2.05, 4.69) is 15.6 Å². The van der Waals surface area contributed by atoms with E-state index in [1.54, 1.807) is 12.1 Å². The number of hydrogen-bond donors (Lipinski definition) is 2. The lowest BCUT2D eigenvalue weighted by Gasteiger charge is -2.14. The highest BCUT2D eigenvalue weighted by Gasteiger charge is 2.13. The number of benzene rings is 2. The van der Waals surface area contributed by atoms with Gasteiger partial charge in [0.2, 0.25) is 5.76 Å². The largest absolute Gasteiger partial charge is 0.490 e. The van der Waals surface area contributed by atoms with Gasteiger partial charge in [-0.05, 0) is 48.9 Å². The van der Waals surface area contributed by atoms with Gasteiger partial charge in [0, 0.05) is 12.2 Å². The zero-order valence-corrected chi connectivity index (χ0v) is 16.4. The summed E-state index contributed by atoms with van der Waals surface area (Å²) in [6, 6.07) is 18.9. The lowest BCUT2D eigenvalue weighted by molar-refractivity contribution is 0.0561. The summed E-state index contributed by atoms with van der Waals surface area (Å²) >= 11 is 0. The third-order valence-corrected chi connectivity index (χ3v) is 4.03. The fourth-order valence-electron chi connectivity index (χ4n) is 2.63. The number of carbonyl (C=O) groups is 1. The van der Waals surface area contributed by atoms with E-state index in [0.29, 0.717) is 30.4 Å². The zero-order chi connectivity index (χ0) is 20.5. The van der Waals surface area contributed by atoms with E-state index in [4.69, 9.17) is 13.9 Å². The number of anilines is 1. The van der Waals surface area contributed by atoms with Crippen LogP contribution in [0.4, 0.5) is 5.69 Å². The average molecular weight is 396 g/mol. The van der Waals surface area contributed by atoms with Gasteiger partial charge in [-0.25, -0.2) is 10.2 Å². The maximum absolute atomic E-state index is 11.5. The first-order valence-electron chi connectivity index (χ1n) is 9.29. The minimum atomic E-state index is -0.521. The lowest BCUT2D eigenvalue weighted by atomic mass is 10.2. The highest BCUT2D eigenvalue weighted by Crippen LogP contribution is 2.29. The number of furan rings is 1. The van der Waals surface area contributed by atoms with Gasteiger partial charge in [-0.2, -0.15) is 0 Å². The van der Waals surface area contributed by atoms with E-state index >= 15 is 0 Å². The number of hydrogen-bond acceptors (Lipinski definition) is 7. The van der Waals surface area contributed by atoms with E-state index in [0.717, 1.165) is 11.3 Å². The number of ether oxygens (including phenoxy) is 3. The molecule has 1 aromatic heterocycles. The molecule has 1 heterocycles. The molecule has 7 heteroatoms. The van der Waals surface area contributed by atoms with Crippen molar-refractivity contribution >= 4 is 11.7 Å². The normalized spacial score (nSPS) is 10.4. The van der Waals surface area contributed by atoms with Crippen LogP contribution in [0.2, 0.25) is 0 Å². The number of esters is 1. The first kappa shape index (κ1) is 20.3. The van der Waals surface area contributed by atoms with E-state index in [1.165, 1.54) is 7.11 Å². The third kappa shape index (κ3) is 5.76. The molecule has 3 rings (SSSR count). The van der Waals surface area contributed by atoms with Crippen LogP contribution in [0.3, 0.4) is 0 Å². The Balaban J connectivity index is 1.59. The molecule has 7 nitrogen and oxygen atoms in total. The van der Waals surface area contributed by atoms with Gasteiger partial charge < -0.3 is 24.1 Å². The Kier molecular flexibility index (Phi) is 7.13. The molecule has 2 N–H and O–H groups in total. The molecule has 0 saturated carbocycles. The van der Waals surface area contributed by atoms with Gasteiger partial charge >= 0.3 is 5.97 Å². The minimum Gasteiger partial charge on any atom is -0.490 e. The smallest absolute Gasteiger partial charge is 0.373 e. The van der Waals surface area contributed by atoms with Crippen LogP contribution in [-0.4, -0.2) is 19.7 Å². The molecule has 3 aromatic rings. The van der Waals surface area contributed by atoms with E-state index < -0.39 is 5.97 Å². The van der Waals surface area contributed by atoms with E-state index in [1.807, 2.05) is 55.5 Å². The molecule has 152 valence electrons. The number of nitrogens with one attached hydrogen (secondary N) is 2. The summed E-state index contributed by atoms with van der Waals surface area (Å²) in [5.74, 6) is 1.38. The molecule has 0 saturated heterocycles. The molecule has 2 aromatic carbocycles. The van der Waals surface area contributed by atoms with Crippen molar-refractivity contribution in [3.63, 3.8) is 0 Å². The quantitative estimate of drug-likeness (QED) is 0.393. The Bertz CT molecular complexity index is 924. The van der Waals surface area contributed by atoms with Gasteiger partial charge in [-0.1, -0.05) is 24.3 Å². The number of rotatable bonds is 10. The van der Waals surface area contributed by atoms with Gasteiger partial charge in [-0.3, -0.25) is 0 Å². The van der Waals surface area contributed by atoms with Crippen LogP contribution in [0.15, 0.2) is 65.1 Å². The fourth-order valence-corrected chi connectivity index (χ4v) is 2.63. The van der Waals surface area contributed by atoms with Crippen LogP contribution in [0, 0.1) is 0 Å². The summed E-state index contributed by atoms with van der Waals surface area (Å²) in [4.78, 5) is 11.5. The van der Waals surface area contributed by atoms with Gasteiger partial charge in [0.25, 0.3) is 0 Å². The van der Waals surface area contributed by atoms with Crippen molar-refractivity contribution in [1.29, 1.82) is 0 Å². The minimum absolute atomic E-state index is 0.142. The third-order valence-electron chi connectivity index (χ3n) is 4.03. The van der Waals surface area contributed by atoms with Crippen molar-refractivity contribution in [3.8, 4) is 11.5 Å². The van der Waals surface area contributed by atoms with Crippen LogP contribution in [0.1, 0.15) is 28.8 Å². The van der Waals surface area contributed by atoms with Gasteiger partial charge in [-0.15, -0.1) is 0 Å². The molecule has 0 amide bonds. The molecule has 0 aliphatic rings. The van der Waals surface area contributed by atoms with Crippen molar-refractivity contribution in [3.05, 3.63) is 77.7 Å². The average Bonchev–Trinajstić information content (AvgIpc) is 3.23. The van der Waals surface area contributed by atoms with Gasteiger partial charge in [0.15, 0.2) is 11.5 Å². The molecule has 29 heavy (non-hydrogen) atoms. The number of hydrazine groups is 1. The Morgan fingerprint density at radius 3 is 2.59 bits per heavy atom. The summed E-state index contributed by atoms with van der Waals surface area (Å²) in [7, 11) is 1.31. The van der Waals surface area contributed by atoms with Crippen molar-refractivity contribution in [2.24, 2.45) is 0 Å². The molecule has 0 spiro atoms. The zero-order valence-electron chi connectivity index (χ0n) is 16.4. The molecule has 0 bridgehead atoms. The highest BCUT2D eigenvalue weighted by atomic mass is 16.5. The van der Waals surface area contributed by atoms with Crippen LogP contribution in [0.5, 0.6) is 11.5 Å². The second kappa shape index (κ2) is 10.2. The van der Waals surface area contributed by atoms with Crippen LogP contribution < -0.4 is 20.3 Å². The molecule has 0 fully saturated rings. The van der Waals surface area contributed by atoms with Crippen molar-refractivity contribution in [1.82, 2.24) is 5.43 Å². The van der Waals surface area contributed by atoms with Gasteiger partial charge in [0.05, 0.1) is 13.7 Å². The fraction of sp³-hybridized carbons (Fsp3) is 0.227. The predicted molar refractivity (Wildman–Crippen MR) is 109 cm³/mol. The SMILES string of the molecule is CCOc1cc(CNNc2ccccc2)ccc1OCc1ccc(C(=O)OC)o1. The number of methoxy groups -OCH3 is 1. The van der Waals surface area contributed by atoms with Crippen LogP contribution in [-0.2, 0) is 17.9 Å². The summed E-state index contributed by atoms with van der Waals surface area (Å²) in [6.07, 6.45) is 0. The Morgan fingerprint density at radius 1 is 1.00 bits per heavy atom. The van der Waals surface area contributed by atoms with Gasteiger partial charge in [0.1, 0.15) is 12.4 Å². The molecule has 0 unspecified atom stereocenters. The molecule has 0 atom stereocenters. The Labute approximate surface area is 169 Å². The predicted octanol–water partition coefficient (Wildman–Crippen LogP) is 4.16. The standard InChI is InChI=1S/C22H24N2O5/c1-3-27-21-13-16(14-23-24-17-7-5-4-6-8-17)9-11-19(21)28-15-18-10-12-20(29-18)22(25)26-2/h4-13,23-24H,3,14-15H2,1-2H3. The summed E-state index contributed by atoms with van der Waals surface area (Å²) in [5.41, 5.74) is 8.35. The van der Waals surface area contributed by atoms with E-state index in [-0.39, 0.29) is 12.4 Å². The number of para-hydroxylation sites is 1. The van der Waals surface area contributed by atoms with Crippen molar-refractivity contribution in [2.75, 3.05) is 19.1 Å². The molecule has 0 radical (unpaired) electrons. The second-order valence-electron chi connectivity index (χ2n) is 6.10. The first-order chi connectivity index (χ1) is 14.2. The topological polar surface area (TPSA) is 82.0 Å². The van der Waals surface area contributed by atoms with Crippen LogP contribution in [0.25, 0.3) is 0 Å². The van der Waals surface area contributed by atoms with Crippen LogP contribution >= 0.6 is 0 Å². The van der Waals surface area contributed by atoms with E-state index in [9.17, 15) is 4.79 Å². The molecular formula is C22H24N2O5. The Morgan fingerprint density at radius 2 is 1.83 bits per heavy atom. The second-order valence-corrected chi connectivity index (χ2v) is 6.10. The monoisotopic (exact) mass is 396 g/mol. The molecule has 0 aliphatic carbocycles. The summed E-state index contributed by atoms with van der Waals surface area (Å²) in [5, 5.41) is 0. The van der Waals surface area contributed by atoms with Crippen molar-refractivity contribution < 1.29 is 23.4 Å². The maximum Gasteiger partial charge on any atom is 0.373 e. The number of carbonyl (C=O) groups excluding carboxylic acids is 1. The Hall–Kier alpha value is -3.45. The summed E-state index contributed by atoms with van der Waals surface area (Å²) in [6.45, 7) is 3.21. The maximum atomic E-state index is 11.5.